The number of carbonyl (C=O) groups is 1. The normalized spacial score (nSPS) is 14.2. The zero-order chi connectivity index (χ0) is 18.4. The van der Waals surface area contributed by atoms with Gasteiger partial charge in [0.05, 0.1) is 17.9 Å². The van der Waals surface area contributed by atoms with Gasteiger partial charge in [0, 0.05) is 18.8 Å². The molecule has 1 aromatic heterocycles. The van der Waals surface area contributed by atoms with Gasteiger partial charge in [-0.2, -0.15) is 0 Å². The topological polar surface area (TPSA) is 67.3 Å². The molecule has 0 aliphatic carbocycles. The molecule has 138 valence electrons. The highest BCUT2D eigenvalue weighted by molar-refractivity contribution is 7.99. The number of carbonyl (C=O) groups excluding carboxylic acids is 1. The number of ether oxygens (including phenoxy) is 1. The number of hydrogen-bond donors (Lipinski definition) is 1. The minimum absolute atomic E-state index is 0.127. The van der Waals surface area contributed by atoms with Crippen LogP contribution in [0, 0.1) is 0 Å². The number of hydrogen-bond acceptors (Lipinski definition) is 6. The Morgan fingerprint density at radius 1 is 1.23 bits per heavy atom. The number of aromatic nitrogens is 2. The van der Waals surface area contributed by atoms with Crippen molar-refractivity contribution in [2.24, 2.45) is 0 Å². The Kier molecular flexibility index (Phi) is 6.57. The third kappa shape index (κ3) is 5.02. The molecule has 2 aromatic rings. The first-order valence-electron chi connectivity index (χ1n) is 8.50. The number of anilines is 2. The van der Waals surface area contributed by atoms with Gasteiger partial charge in [-0.15, -0.1) is 10.2 Å². The Balaban J connectivity index is 1.50. The average Bonchev–Trinajstić information content (AvgIpc) is 2.68. The summed E-state index contributed by atoms with van der Waals surface area (Å²) < 4.78 is 5.10. The first kappa shape index (κ1) is 18.8. The third-order valence-electron chi connectivity index (χ3n) is 4.09. The van der Waals surface area contributed by atoms with E-state index < -0.39 is 0 Å². The Morgan fingerprint density at radius 3 is 2.69 bits per heavy atom. The lowest BCUT2D eigenvalue weighted by Crippen LogP contribution is -2.30. The van der Waals surface area contributed by atoms with Gasteiger partial charge in [-0.05, 0) is 49.6 Å². The summed E-state index contributed by atoms with van der Waals surface area (Å²) in [6.07, 6.45) is 3.69. The lowest BCUT2D eigenvalue weighted by atomic mass is 10.1. The van der Waals surface area contributed by atoms with E-state index in [-0.39, 0.29) is 11.7 Å². The molecule has 3 rings (SSSR count). The summed E-state index contributed by atoms with van der Waals surface area (Å²) in [5.74, 6) is 1.61. The molecule has 8 heteroatoms. The summed E-state index contributed by atoms with van der Waals surface area (Å²) in [5.41, 5.74) is 0.632. The van der Waals surface area contributed by atoms with Gasteiger partial charge in [0.1, 0.15) is 10.8 Å². The largest absolute Gasteiger partial charge is 0.495 e. The van der Waals surface area contributed by atoms with Gasteiger partial charge < -0.3 is 15.0 Å². The van der Waals surface area contributed by atoms with Crippen LogP contribution in [0.3, 0.4) is 0 Å². The van der Waals surface area contributed by atoms with E-state index in [9.17, 15) is 4.79 Å². The monoisotopic (exact) mass is 392 g/mol. The van der Waals surface area contributed by atoms with Crippen molar-refractivity contribution in [1.29, 1.82) is 0 Å². The van der Waals surface area contributed by atoms with E-state index in [4.69, 9.17) is 16.3 Å². The van der Waals surface area contributed by atoms with Gasteiger partial charge in [-0.1, -0.05) is 23.4 Å². The number of nitrogens with zero attached hydrogens (tertiary/aromatic N) is 3. The van der Waals surface area contributed by atoms with E-state index in [0.717, 1.165) is 23.9 Å². The first-order chi connectivity index (χ1) is 12.7. The van der Waals surface area contributed by atoms with Gasteiger partial charge >= 0.3 is 0 Å². The van der Waals surface area contributed by atoms with Gasteiger partial charge in [0.2, 0.25) is 5.91 Å². The summed E-state index contributed by atoms with van der Waals surface area (Å²) in [7, 11) is 1.55. The van der Waals surface area contributed by atoms with Crippen LogP contribution in [0.4, 0.5) is 11.5 Å². The van der Waals surface area contributed by atoms with Crippen molar-refractivity contribution < 1.29 is 9.53 Å². The van der Waals surface area contributed by atoms with Crippen molar-refractivity contribution in [1.82, 2.24) is 10.2 Å². The fourth-order valence-electron chi connectivity index (χ4n) is 2.76. The number of piperidine rings is 1. The molecule has 1 N–H and O–H groups in total. The van der Waals surface area contributed by atoms with E-state index in [1.165, 1.54) is 31.0 Å². The van der Waals surface area contributed by atoms with Crippen LogP contribution in [0.5, 0.6) is 5.75 Å². The Hall–Kier alpha value is -1.99. The van der Waals surface area contributed by atoms with Crippen LogP contribution < -0.4 is 15.0 Å². The molecular weight excluding hydrogens is 372 g/mol. The van der Waals surface area contributed by atoms with Crippen LogP contribution in [0.25, 0.3) is 0 Å². The molecular formula is C18H21ClN4O2S. The van der Waals surface area contributed by atoms with E-state index in [1.807, 2.05) is 12.1 Å². The zero-order valence-corrected chi connectivity index (χ0v) is 16.1. The fourth-order valence-corrected chi connectivity index (χ4v) is 3.63. The van der Waals surface area contributed by atoms with Crippen molar-refractivity contribution in [2.75, 3.05) is 36.2 Å². The Morgan fingerprint density at radius 2 is 2.04 bits per heavy atom. The van der Waals surface area contributed by atoms with Crippen molar-refractivity contribution in [2.45, 2.75) is 24.3 Å². The maximum Gasteiger partial charge on any atom is 0.234 e. The molecule has 1 aromatic carbocycles. The van der Waals surface area contributed by atoms with Gasteiger partial charge in [-0.25, -0.2) is 0 Å². The van der Waals surface area contributed by atoms with E-state index in [1.54, 1.807) is 25.3 Å². The molecule has 0 spiro atoms. The van der Waals surface area contributed by atoms with Gasteiger partial charge in [-0.3, -0.25) is 4.79 Å². The van der Waals surface area contributed by atoms with Crippen LogP contribution in [0.1, 0.15) is 19.3 Å². The molecule has 26 heavy (non-hydrogen) atoms. The second kappa shape index (κ2) is 9.09. The summed E-state index contributed by atoms with van der Waals surface area (Å²) in [6.45, 7) is 2.07. The molecule has 6 nitrogen and oxygen atoms in total. The van der Waals surface area contributed by atoms with E-state index >= 15 is 0 Å². The number of methoxy groups -OCH3 is 1. The Bertz CT molecular complexity index is 751. The quantitative estimate of drug-likeness (QED) is 0.753. The highest BCUT2D eigenvalue weighted by atomic mass is 35.5. The summed E-state index contributed by atoms with van der Waals surface area (Å²) >= 11 is 7.41. The van der Waals surface area contributed by atoms with Crippen molar-refractivity contribution in [3.05, 3.63) is 35.4 Å². The molecule has 0 saturated carbocycles. The minimum Gasteiger partial charge on any atom is -0.495 e. The van der Waals surface area contributed by atoms with Crippen LogP contribution >= 0.6 is 23.4 Å². The molecule has 1 aliphatic rings. The summed E-state index contributed by atoms with van der Waals surface area (Å²) in [6, 6.07) is 9.02. The lowest BCUT2D eigenvalue weighted by molar-refractivity contribution is -0.113. The first-order valence-corrected chi connectivity index (χ1v) is 9.87. The second-order valence-corrected chi connectivity index (χ2v) is 7.37. The molecule has 0 unspecified atom stereocenters. The summed E-state index contributed by atoms with van der Waals surface area (Å²) in [5, 5.41) is 12.5. The maximum atomic E-state index is 12.1. The van der Waals surface area contributed by atoms with Crippen molar-refractivity contribution in [3.8, 4) is 5.75 Å². The predicted molar refractivity (Wildman–Crippen MR) is 105 cm³/mol. The molecule has 0 bridgehead atoms. The molecule has 0 radical (unpaired) electrons. The predicted octanol–water partition coefficient (Wildman–Crippen LogP) is 3.86. The molecule has 1 amide bonds. The van der Waals surface area contributed by atoms with Crippen molar-refractivity contribution in [3.63, 3.8) is 0 Å². The number of benzene rings is 1. The smallest absolute Gasteiger partial charge is 0.234 e. The minimum atomic E-state index is -0.127. The van der Waals surface area contributed by atoms with Crippen LogP contribution in [0.15, 0.2) is 35.4 Å². The highest BCUT2D eigenvalue weighted by Crippen LogP contribution is 2.27. The number of rotatable bonds is 6. The van der Waals surface area contributed by atoms with Crippen molar-refractivity contribution >= 4 is 40.8 Å². The second-order valence-electron chi connectivity index (χ2n) is 5.96. The number of nitrogens with one attached hydrogen (secondary N) is 1. The molecule has 1 saturated heterocycles. The SMILES string of the molecule is COc1ccc(NC(=O)CSc2ccc(N3CCCCC3)nn2)cc1Cl. The standard InChI is InChI=1S/C18H21ClN4O2S/c1-25-15-6-5-13(11-14(15)19)20-17(24)12-26-18-8-7-16(21-22-18)23-9-3-2-4-10-23/h5-8,11H,2-4,9-10,12H2,1H3,(H,20,24). The van der Waals surface area contributed by atoms with Gasteiger partial charge in [0.15, 0.2) is 5.82 Å². The molecule has 0 atom stereocenters. The maximum absolute atomic E-state index is 12.1. The lowest BCUT2D eigenvalue weighted by Gasteiger charge is -2.27. The summed E-state index contributed by atoms with van der Waals surface area (Å²) in [4.78, 5) is 14.4. The highest BCUT2D eigenvalue weighted by Gasteiger charge is 2.13. The number of halogens is 1. The fraction of sp³-hybridized carbons (Fsp3) is 0.389. The van der Waals surface area contributed by atoms with E-state index in [2.05, 4.69) is 20.4 Å². The zero-order valence-electron chi connectivity index (χ0n) is 14.6. The van der Waals surface area contributed by atoms with E-state index in [0.29, 0.717) is 16.5 Å². The average molecular weight is 393 g/mol. The number of thioether (sulfide) groups is 1. The van der Waals surface area contributed by atoms with Crippen LogP contribution in [-0.2, 0) is 4.79 Å². The van der Waals surface area contributed by atoms with Crippen LogP contribution in [0.2, 0.25) is 5.02 Å². The molecule has 2 heterocycles. The van der Waals surface area contributed by atoms with Gasteiger partial charge in [0.25, 0.3) is 0 Å². The molecule has 1 aliphatic heterocycles. The molecule has 1 fully saturated rings. The third-order valence-corrected chi connectivity index (χ3v) is 5.31. The van der Waals surface area contributed by atoms with Crippen LogP contribution in [-0.4, -0.2) is 42.1 Å². The Labute approximate surface area is 162 Å². The number of amides is 1.